The Morgan fingerprint density at radius 1 is 1.13 bits per heavy atom. The van der Waals surface area contributed by atoms with Gasteiger partial charge in [-0.25, -0.2) is 13.4 Å². The quantitative estimate of drug-likeness (QED) is 0.643. The molecule has 3 aromatic rings. The van der Waals surface area contributed by atoms with Crippen LogP contribution in [-0.4, -0.2) is 25.1 Å². The van der Waals surface area contributed by atoms with Crippen molar-refractivity contribution in [3.8, 4) is 5.75 Å². The number of rotatable bonds is 6. The average molecular weight is 428 g/mol. The second-order valence-corrected chi connectivity index (χ2v) is 10.1. The summed E-state index contributed by atoms with van der Waals surface area (Å²) in [5.41, 5.74) is 2.24. The number of nitrogens with zero attached hydrogens (tertiary/aromatic N) is 2. The highest BCUT2D eigenvalue weighted by Gasteiger charge is 2.28. The normalized spacial score (nSPS) is 13.3. The maximum atomic E-state index is 13.5. The van der Waals surface area contributed by atoms with Gasteiger partial charge in [0.2, 0.25) is 10.0 Å². The van der Waals surface area contributed by atoms with Gasteiger partial charge in [0.1, 0.15) is 17.6 Å². The van der Waals surface area contributed by atoms with Crippen molar-refractivity contribution in [2.45, 2.75) is 44.0 Å². The summed E-state index contributed by atoms with van der Waals surface area (Å²) in [7, 11) is -0.401. The van der Waals surface area contributed by atoms with E-state index in [9.17, 15) is 8.42 Å². The number of nitrogens with one attached hydrogen (secondary N) is 1. The van der Waals surface area contributed by atoms with Crippen LogP contribution in [0.3, 0.4) is 0 Å². The lowest BCUT2D eigenvalue weighted by Crippen LogP contribution is -2.32. The minimum Gasteiger partial charge on any atom is -0.497 e. The molecule has 0 amide bonds. The molecule has 0 spiro atoms. The van der Waals surface area contributed by atoms with Crippen LogP contribution in [0, 0.1) is 6.92 Å². The first-order valence-electron chi connectivity index (χ1n) is 9.77. The van der Waals surface area contributed by atoms with E-state index in [1.807, 2.05) is 54.9 Å². The first kappa shape index (κ1) is 22.1. The Kier molecular flexibility index (Phi) is 6.06. The van der Waals surface area contributed by atoms with Crippen LogP contribution in [0.2, 0.25) is 0 Å². The Balaban J connectivity index is 2.10. The summed E-state index contributed by atoms with van der Waals surface area (Å²) < 4.78 is 37.0. The molecule has 2 aromatic carbocycles. The molecule has 0 aliphatic rings. The van der Waals surface area contributed by atoms with Crippen molar-refractivity contribution in [2.24, 2.45) is 7.05 Å². The molecule has 0 aliphatic heterocycles. The third-order valence-electron chi connectivity index (χ3n) is 5.16. The highest BCUT2D eigenvalue weighted by atomic mass is 32.2. The van der Waals surface area contributed by atoms with E-state index >= 15 is 0 Å². The number of hydrogen-bond acceptors (Lipinski definition) is 4. The first-order chi connectivity index (χ1) is 14.0. The van der Waals surface area contributed by atoms with Crippen LogP contribution in [0.1, 0.15) is 49.3 Å². The molecule has 1 atom stereocenters. The zero-order valence-electron chi connectivity index (χ0n) is 18.3. The number of methoxy groups -OCH3 is 1. The molecule has 3 rings (SSSR count). The Morgan fingerprint density at radius 3 is 2.47 bits per heavy atom. The molecule has 0 fully saturated rings. The van der Waals surface area contributed by atoms with E-state index in [-0.39, 0.29) is 10.3 Å². The van der Waals surface area contributed by atoms with E-state index in [2.05, 4.69) is 30.5 Å². The molecule has 0 bridgehead atoms. The lowest BCUT2D eigenvalue weighted by molar-refractivity contribution is 0.413. The highest BCUT2D eigenvalue weighted by Crippen LogP contribution is 2.30. The molecular formula is C23H29N3O3S. The lowest BCUT2D eigenvalue weighted by Gasteiger charge is -2.23. The van der Waals surface area contributed by atoms with Gasteiger partial charge in [0.25, 0.3) is 0 Å². The van der Waals surface area contributed by atoms with Crippen molar-refractivity contribution in [3.63, 3.8) is 0 Å². The number of sulfonamides is 1. The smallest absolute Gasteiger partial charge is 0.241 e. The highest BCUT2D eigenvalue weighted by molar-refractivity contribution is 7.89. The van der Waals surface area contributed by atoms with Gasteiger partial charge in [0, 0.05) is 19.4 Å². The number of aromatic nitrogens is 2. The molecule has 6 nitrogen and oxygen atoms in total. The summed E-state index contributed by atoms with van der Waals surface area (Å²) in [6, 6.07) is 12.3. The Bertz CT molecular complexity index is 1140. The lowest BCUT2D eigenvalue weighted by atomic mass is 9.87. The number of hydrogen-bond donors (Lipinski definition) is 1. The van der Waals surface area contributed by atoms with Crippen molar-refractivity contribution >= 4 is 10.0 Å². The molecule has 30 heavy (non-hydrogen) atoms. The largest absolute Gasteiger partial charge is 0.497 e. The Labute approximate surface area is 179 Å². The average Bonchev–Trinajstić information content (AvgIpc) is 3.11. The topological polar surface area (TPSA) is 73.2 Å². The fourth-order valence-electron chi connectivity index (χ4n) is 3.32. The fraction of sp³-hybridized carbons (Fsp3) is 0.348. The van der Waals surface area contributed by atoms with Crippen molar-refractivity contribution in [2.75, 3.05) is 7.11 Å². The zero-order chi connectivity index (χ0) is 22.1. The Hall–Kier alpha value is -2.64. The number of benzene rings is 2. The van der Waals surface area contributed by atoms with Crippen LogP contribution in [0.25, 0.3) is 0 Å². The second-order valence-electron chi connectivity index (χ2n) is 8.46. The minimum absolute atomic E-state index is 0.163. The van der Waals surface area contributed by atoms with E-state index in [4.69, 9.17) is 4.74 Å². The first-order valence-corrected chi connectivity index (χ1v) is 11.3. The second kappa shape index (κ2) is 8.24. The van der Waals surface area contributed by atoms with Crippen LogP contribution in [0.15, 0.2) is 59.8 Å². The fourth-order valence-corrected chi connectivity index (χ4v) is 4.77. The van der Waals surface area contributed by atoms with E-state index in [0.29, 0.717) is 17.1 Å². The molecular weight excluding hydrogens is 398 g/mol. The molecule has 0 aliphatic carbocycles. The molecule has 7 heteroatoms. The summed E-state index contributed by atoms with van der Waals surface area (Å²) in [6.45, 7) is 8.00. The third kappa shape index (κ3) is 4.57. The number of aryl methyl sites for hydroxylation is 2. The van der Waals surface area contributed by atoms with Crippen LogP contribution >= 0.6 is 0 Å². The SMILES string of the molecule is COc1cccc(C(NS(=O)(=O)c2cc(C(C)(C)C)ccc2C)c2nccn2C)c1. The van der Waals surface area contributed by atoms with Gasteiger partial charge in [-0.1, -0.05) is 45.0 Å². The Morgan fingerprint density at radius 2 is 1.87 bits per heavy atom. The molecule has 0 saturated carbocycles. The predicted molar refractivity (Wildman–Crippen MR) is 118 cm³/mol. The van der Waals surface area contributed by atoms with E-state index in [1.54, 1.807) is 25.6 Å². The van der Waals surface area contributed by atoms with Crippen molar-refractivity contribution < 1.29 is 13.2 Å². The van der Waals surface area contributed by atoms with Crippen LogP contribution < -0.4 is 9.46 Å². The van der Waals surface area contributed by atoms with Gasteiger partial charge >= 0.3 is 0 Å². The van der Waals surface area contributed by atoms with Crippen LogP contribution in [0.5, 0.6) is 5.75 Å². The summed E-state index contributed by atoms with van der Waals surface area (Å²) >= 11 is 0. The van der Waals surface area contributed by atoms with Crippen molar-refractivity contribution in [1.82, 2.24) is 14.3 Å². The molecule has 1 aromatic heterocycles. The molecule has 1 N–H and O–H groups in total. The summed E-state index contributed by atoms with van der Waals surface area (Å²) in [5.74, 6) is 1.24. The van der Waals surface area contributed by atoms with Crippen LogP contribution in [0.4, 0.5) is 0 Å². The van der Waals surface area contributed by atoms with Gasteiger partial charge in [-0.3, -0.25) is 0 Å². The molecule has 1 unspecified atom stereocenters. The standard InChI is InChI=1S/C23H29N3O3S/c1-16-10-11-18(23(2,3)4)15-20(16)30(27,28)25-21(22-24-12-13-26(22)5)17-8-7-9-19(14-17)29-6/h7-15,21,25H,1-6H3. The summed E-state index contributed by atoms with van der Waals surface area (Å²) in [6.07, 6.45) is 3.45. The van der Waals surface area contributed by atoms with E-state index in [1.165, 1.54) is 0 Å². The zero-order valence-corrected chi connectivity index (χ0v) is 19.1. The minimum atomic E-state index is -3.83. The van der Waals surface area contributed by atoms with Crippen molar-refractivity contribution in [1.29, 1.82) is 0 Å². The maximum Gasteiger partial charge on any atom is 0.241 e. The molecule has 0 radical (unpaired) electrons. The van der Waals surface area contributed by atoms with Crippen molar-refractivity contribution in [3.05, 3.63) is 77.4 Å². The number of imidazole rings is 1. The summed E-state index contributed by atoms with van der Waals surface area (Å²) in [5, 5.41) is 0. The predicted octanol–water partition coefficient (Wildman–Crippen LogP) is 4.10. The van der Waals surface area contributed by atoms with Gasteiger partial charge in [-0.05, 0) is 47.2 Å². The maximum absolute atomic E-state index is 13.5. The third-order valence-corrected chi connectivity index (χ3v) is 6.73. The van der Waals surface area contributed by atoms with Gasteiger partial charge < -0.3 is 9.30 Å². The van der Waals surface area contributed by atoms with Gasteiger partial charge in [-0.15, -0.1) is 0 Å². The molecule has 1 heterocycles. The van der Waals surface area contributed by atoms with Gasteiger partial charge in [-0.2, -0.15) is 4.72 Å². The van der Waals surface area contributed by atoms with E-state index in [0.717, 1.165) is 11.1 Å². The number of ether oxygens (including phenoxy) is 1. The van der Waals surface area contributed by atoms with Gasteiger partial charge in [0.05, 0.1) is 12.0 Å². The summed E-state index contributed by atoms with van der Waals surface area (Å²) in [4.78, 5) is 4.68. The molecule has 0 saturated heterocycles. The monoisotopic (exact) mass is 427 g/mol. The van der Waals surface area contributed by atoms with Gasteiger partial charge in [0.15, 0.2) is 0 Å². The van der Waals surface area contributed by atoms with E-state index < -0.39 is 16.1 Å². The molecule has 160 valence electrons. The van der Waals surface area contributed by atoms with Crippen LogP contribution in [-0.2, 0) is 22.5 Å².